The quantitative estimate of drug-likeness (QED) is 0.671. The number of thiazole rings is 1. The van der Waals surface area contributed by atoms with E-state index in [-0.39, 0.29) is 23.8 Å². The van der Waals surface area contributed by atoms with Crippen LogP contribution >= 0.6 is 22.7 Å². The lowest BCUT2D eigenvalue weighted by Crippen LogP contribution is -2.34. The van der Waals surface area contributed by atoms with Crippen LogP contribution in [0.2, 0.25) is 0 Å². The maximum atomic E-state index is 12.3. The van der Waals surface area contributed by atoms with Crippen molar-refractivity contribution in [2.75, 3.05) is 25.5 Å². The van der Waals surface area contributed by atoms with Gasteiger partial charge < -0.3 is 10.1 Å². The number of hydrogen-bond donors (Lipinski definition) is 1. The lowest BCUT2D eigenvalue weighted by molar-refractivity contribution is -0.142. The number of esters is 1. The molecule has 0 spiro atoms. The maximum absolute atomic E-state index is 12.3. The van der Waals surface area contributed by atoms with Crippen LogP contribution in [0.25, 0.3) is 0 Å². The molecule has 25 heavy (non-hydrogen) atoms. The molecule has 0 saturated carbocycles. The third kappa shape index (κ3) is 5.33. The molecule has 0 fully saturated rings. The molecule has 0 aliphatic heterocycles. The summed E-state index contributed by atoms with van der Waals surface area (Å²) in [4.78, 5) is 27.5. The molecule has 2 aromatic rings. The monoisotopic (exact) mass is 403 g/mol. The average Bonchev–Trinajstić information content (AvgIpc) is 3.19. The number of nitrogens with one attached hydrogen (secondary N) is 1. The summed E-state index contributed by atoms with van der Waals surface area (Å²) in [5.74, 6) is -0.910. The summed E-state index contributed by atoms with van der Waals surface area (Å²) in [7, 11) is -2.35. The zero-order valence-electron chi connectivity index (χ0n) is 13.6. The van der Waals surface area contributed by atoms with Crippen LogP contribution in [-0.2, 0) is 30.8 Å². The average molecular weight is 404 g/mol. The Balaban J connectivity index is 1.92. The second-order valence-corrected chi connectivity index (χ2v) is 8.94. The van der Waals surface area contributed by atoms with E-state index in [2.05, 4.69) is 10.3 Å². The minimum absolute atomic E-state index is 0.0207. The first kappa shape index (κ1) is 19.5. The number of aromatic nitrogens is 1. The zero-order valence-corrected chi connectivity index (χ0v) is 16.0. The summed E-state index contributed by atoms with van der Waals surface area (Å²) in [5, 5.41) is 6.12. The maximum Gasteiger partial charge on any atom is 0.311 e. The van der Waals surface area contributed by atoms with Crippen molar-refractivity contribution in [2.45, 2.75) is 17.6 Å². The van der Waals surface area contributed by atoms with Gasteiger partial charge in [0.2, 0.25) is 5.91 Å². The van der Waals surface area contributed by atoms with Gasteiger partial charge in [-0.2, -0.15) is 4.31 Å². The number of ether oxygens (including phenoxy) is 1. The second-order valence-electron chi connectivity index (χ2n) is 4.87. The minimum Gasteiger partial charge on any atom is -0.466 e. The van der Waals surface area contributed by atoms with Crippen LogP contribution in [0, 0.1) is 0 Å². The number of rotatable bonds is 8. The van der Waals surface area contributed by atoms with Gasteiger partial charge in [-0.25, -0.2) is 13.4 Å². The lowest BCUT2D eigenvalue weighted by atomic mass is 10.3. The molecule has 0 atom stereocenters. The Hall–Kier alpha value is -1.82. The third-order valence-electron chi connectivity index (χ3n) is 2.95. The fourth-order valence-corrected chi connectivity index (χ4v) is 4.87. The Morgan fingerprint density at radius 3 is 2.76 bits per heavy atom. The number of carbonyl (C=O) groups excluding carboxylic acids is 2. The van der Waals surface area contributed by atoms with Crippen molar-refractivity contribution in [1.29, 1.82) is 0 Å². The van der Waals surface area contributed by atoms with E-state index in [1.54, 1.807) is 23.8 Å². The summed E-state index contributed by atoms with van der Waals surface area (Å²) >= 11 is 2.24. The van der Waals surface area contributed by atoms with E-state index in [9.17, 15) is 18.0 Å². The molecule has 0 aliphatic carbocycles. The van der Waals surface area contributed by atoms with Crippen LogP contribution in [0.1, 0.15) is 12.6 Å². The topological polar surface area (TPSA) is 106 Å². The first-order valence-electron chi connectivity index (χ1n) is 7.22. The molecule has 1 N–H and O–H groups in total. The predicted molar refractivity (Wildman–Crippen MR) is 95.2 cm³/mol. The molecule has 2 heterocycles. The summed E-state index contributed by atoms with van der Waals surface area (Å²) in [6.07, 6.45) is 0.0207. The van der Waals surface area contributed by atoms with Gasteiger partial charge in [-0.3, -0.25) is 9.59 Å². The molecule has 0 radical (unpaired) electrons. The van der Waals surface area contributed by atoms with Crippen molar-refractivity contribution in [3.05, 3.63) is 28.6 Å². The molecule has 0 bridgehead atoms. The highest BCUT2D eigenvalue weighted by atomic mass is 32.2. The fraction of sp³-hybridized carbons (Fsp3) is 0.357. The molecule has 2 rings (SSSR count). The fourth-order valence-electron chi connectivity index (χ4n) is 1.82. The Bertz CT molecular complexity index is 830. The highest BCUT2D eigenvalue weighted by Gasteiger charge is 2.24. The van der Waals surface area contributed by atoms with Crippen molar-refractivity contribution in [2.24, 2.45) is 0 Å². The molecule has 136 valence electrons. The number of anilines is 1. The SMILES string of the molecule is CCOC(=O)Cc1csc(NC(=O)CN(C)S(=O)(=O)c2cccs2)n1. The first-order chi connectivity index (χ1) is 11.8. The van der Waals surface area contributed by atoms with E-state index >= 15 is 0 Å². The van der Waals surface area contributed by atoms with Gasteiger partial charge in [0, 0.05) is 12.4 Å². The van der Waals surface area contributed by atoms with Gasteiger partial charge >= 0.3 is 5.97 Å². The Morgan fingerprint density at radius 2 is 2.12 bits per heavy atom. The number of carbonyl (C=O) groups is 2. The lowest BCUT2D eigenvalue weighted by Gasteiger charge is -2.14. The van der Waals surface area contributed by atoms with Crippen molar-refractivity contribution < 1.29 is 22.7 Å². The molecule has 0 aliphatic rings. The van der Waals surface area contributed by atoms with E-state index in [1.807, 2.05) is 0 Å². The standard InChI is InChI=1S/C14H17N3O5S3/c1-3-22-12(19)7-10-9-24-14(15-10)16-11(18)8-17(2)25(20,21)13-5-4-6-23-13/h4-6,9H,3,7-8H2,1-2H3,(H,15,16,18). The second kappa shape index (κ2) is 8.52. The van der Waals surface area contributed by atoms with E-state index in [4.69, 9.17) is 4.74 Å². The Labute approximate surface area is 153 Å². The third-order valence-corrected chi connectivity index (χ3v) is 6.94. The summed E-state index contributed by atoms with van der Waals surface area (Å²) in [6, 6.07) is 3.11. The molecule has 0 saturated heterocycles. The summed E-state index contributed by atoms with van der Waals surface area (Å²) in [6.45, 7) is 1.66. The van der Waals surface area contributed by atoms with E-state index in [0.717, 1.165) is 27.0 Å². The highest BCUT2D eigenvalue weighted by Crippen LogP contribution is 2.20. The van der Waals surface area contributed by atoms with Crippen molar-refractivity contribution >= 4 is 49.7 Å². The first-order valence-corrected chi connectivity index (χ1v) is 10.4. The van der Waals surface area contributed by atoms with Crippen LogP contribution in [0.5, 0.6) is 0 Å². The van der Waals surface area contributed by atoms with Crippen LogP contribution < -0.4 is 5.32 Å². The largest absolute Gasteiger partial charge is 0.466 e. The van der Waals surface area contributed by atoms with Crippen LogP contribution in [0.4, 0.5) is 5.13 Å². The highest BCUT2D eigenvalue weighted by molar-refractivity contribution is 7.91. The van der Waals surface area contributed by atoms with Gasteiger partial charge in [0.1, 0.15) is 4.21 Å². The summed E-state index contributed by atoms with van der Waals surface area (Å²) in [5.41, 5.74) is 0.485. The van der Waals surface area contributed by atoms with Gasteiger partial charge in [-0.15, -0.1) is 22.7 Å². The number of thiophene rings is 1. The van der Waals surface area contributed by atoms with Gasteiger partial charge in [-0.05, 0) is 18.4 Å². The van der Waals surface area contributed by atoms with Crippen LogP contribution in [0.3, 0.4) is 0 Å². The van der Waals surface area contributed by atoms with Gasteiger partial charge in [0.25, 0.3) is 10.0 Å². The molecular weight excluding hydrogens is 386 g/mol. The Morgan fingerprint density at radius 1 is 1.36 bits per heavy atom. The number of hydrogen-bond acceptors (Lipinski definition) is 8. The van der Waals surface area contributed by atoms with E-state index in [1.165, 1.54) is 13.1 Å². The normalized spacial score (nSPS) is 11.5. The molecular formula is C14H17N3O5S3. The van der Waals surface area contributed by atoms with E-state index in [0.29, 0.717) is 10.8 Å². The molecule has 11 heteroatoms. The molecule has 1 amide bonds. The van der Waals surface area contributed by atoms with Crippen LogP contribution in [0.15, 0.2) is 27.1 Å². The molecule has 0 unspecified atom stereocenters. The van der Waals surface area contributed by atoms with Crippen molar-refractivity contribution in [3.63, 3.8) is 0 Å². The molecule has 8 nitrogen and oxygen atoms in total. The van der Waals surface area contributed by atoms with Gasteiger partial charge in [0.05, 0.1) is 25.3 Å². The van der Waals surface area contributed by atoms with Gasteiger partial charge in [0.15, 0.2) is 5.13 Å². The van der Waals surface area contributed by atoms with Crippen molar-refractivity contribution in [3.8, 4) is 0 Å². The minimum atomic E-state index is -3.69. The number of amides is 1. The number of sulfonamides is 1. The molecule has 0 aromatic carbocycles. The Kier molecular flexibility index (Phi) is 6.64. The summed E-state index contributed by atoms with van der Waals surface area (Å²) < 4.78 is 30.5. The van der Waals surface area contributed by atoms with E-state index < -0.39 is 21.9 Å². The van der Waals surface area contributed by atoms with Crippen LogP contribution in [-0.4, -0.2) is 49.8 Å². The molecule has 2 aromatic heterocycles. The number of likely N-dealkylation sites (N-methyl/N-ethyl adjacent to an activating group) is 1. The number of nitrogens with zero attached hydrogens (tertiary/aromatic N) is 2. The zero-order chi connectivity index (χ0) is 18.4. The predicted octanol–water partition coefficient (Wildman–Crippen LogP) is 1.57. The van der Waals surface area contributed by atoms with Crippen molar-refractivity contribution in [1.82, 2.24) is 9.29 Å². The smallest absolute Gasteiger partial charge is 0.311 e. The van der Waals surface area contributed by atoms with Gasteiger partial charge in [-0.1, -0.05) is 6.07 Å².